The van der Waals surface area contributed by atoms with Crippen molar-refractivity contribution >= 4 is 0 Å². The zero-order chi connectivity index (χ0) is 12.7. The van der Waals surface area contributed by atoms with Crippen molar-refractivity contribution in [1.29, 1.82) is 0 Å². The van der Waals surface area contributed by atoms with E-state index in [0.717, 1.165) is 0 Å². The van der Waals surface area contributed by atoms with E-state index >= 15 is 0 Å². The molecule has 0 heterocycles. The largest absolute Gasteiger partial charge is 0.457 e. The number of aliphatic hydroxyl groups is 1. The summed E-state index contributed by atoms with van der Waals surface area (Å²) in [4.78, 5) is 0. The smallest absolute Gasteiger partial charge is 0.140 e. The molecule has 0 radical (unpaired) electrons. The second-order valence-electron chi connectivity index (χ2n) is 3.25. The van der Waals surface area contributed by atoms with Crippen LogP contribution in [0.15, 0.2) is 61.4 Å². The number of hydrogen-bond acceptors (Lipinski definition) is 2. The van der Waals surface area contributed by atoms with Crippen molar-refractivity contribution in [3.8, 4) is 18.1 Å². The first-order valence-corrected chi connectivity index (χ1v) is 5.08. The van der Waals surface area contributed by atoms with Gasteiger partial charge in [-0.2, -0.15) is 0 Å². The van der Waals surface area contributed by atoms with Gasteiger partial charge in [0.1, 0.15) is 17.6 Å². The van der Waals surface area contributed by atoms with E-state index in [2.05, 4.69) is 19.1 Å². The normalized spacial score (nSPS) is 12.4. The van der Waals surface area contributed by atoms with Gasteiger partial charge in [0.15, 0.2) is 0 Å². The number of aliphatic hydroxyl groups excluding tert-OH is 1. The van der Waals surface area contributed by atoms with Crippen molar-refractivity contribution in [2.24, 2.45) is 0 Å². The highest BCUT2D eigenvalue weighted by Crippen LogP contribution is 2.20. The molecule has 0 saturated heterocycles. The minimum absolute atomic E-state index is 0.576. The molecule has 0 aliphatic rings. The summed E-state index contributed by atoms with van der Waals surface area (Å²) >= 11 is 0. The van der Waals surface area contributed by atoms with E-state index < -0.39 is 6.10 Å². The first-order valence-electron chi connectivity index (χ1n) is 5.08. The van der Waals surface area contributed by atoms with Crippen LogP contribution in [0.25, 0.3) is 0 Å². The molecule has 17 heavy (non-hydrogen) atoms. The lowest BCUT2D eigenvalue weighted by Crippen LogP contribution is -1.96. The fourth-order valence-electron chi connectivity index (χ4n) is 1.24. The average molecular weight is 226 g/mol. The molecule has 1 atom stereocenters. The molecule has 0 aliphatic carbocycles. The van der Waals surface area contributed by atoms with E-state index in [1.54, 1.807) is 42.5 Å². The Kier molecular flexibility index (Phi) is 4.80. The highest BCUT2D eigenvalue weighted by Gasteiger charge is 2.05. The lowest BCUT2D eigenvalue weighted by molar-refractivity contribution is 0.238. The molecule has 0 fully saturated rings. The number of rotatable bonds is 5. The molecular formula is C15H14O2. The predicted molar refractivity (Wildman–Crippen MR) is 69.3 cm³/mol. The molecule has 1 aromatic carbocycles. The molecule has 0 aliphatic heterocycles. The van der Waals surface area contributed by atoms with Crippen LogP contribution in [-0.2, 0) is 0 Å². The van der Waals surface area contributed by atoms with Crippen molar-refractivity contribution in [1.82, 2.24) is 0 Å². The van der Waals surface area contributed by atoms with Gasteiger partial charge in [-0.25, -0.2) is 0 Å². The van der Waals surface area contributed by atoms with Crippen molar-refractivity contribution in [2.75, 3.05) is 0 Å². The number of terminal acetylenes is 1. The monoisotopic (exact) mass is 226 g/mol. The van der Waals surface area contributed by atoms with Gasteiger partial charge in [0.05, 0.1) is 0 Å². The molecule has 2 heteroatoms. The maximum atomic E-state index is 9.51. The summed E-state index contributed by atoms with van der Waals surface area (Å²) in [7, 11) is 0. The molecule has 1 rings (SSSR count). The number of allylic oxidation sites excluding steroid dienone is 3. The average Bonchev–Trinajstić information content (AvgIpc) is 2.37. The van der Waals surface area contributed by atoms with Gasteiger partial charge < -0.3 is 9.84 Å². The lowest BCUT2D eigenvalue weighted by atomic mass is 10.1. The number of benzene rings is 1. The van der Waals surface area contributed by atoms with Crippen LogP contribution in [0.4, 0.5) is 0 Å². The Hall–Kier alpha value is -2.24. The van der Waals surface area contributed by atoms with Gasteiger partial charge in [-0.1, -0.05) is 37.3 Å². The summed E-state index contributed by atoms with van der Waals surface area (Å²) in [6.07, 6.45) is 9.10. The van der Waals surface area contributed by atoms with Crippen molar-refractivity contribution < 1.29 is 9.84 Å². The van der Waals surface area contributed by atoms with Crippen LogP contribution in [0.2, 0.25) is 0 Å². The molecule has 0 spiro atoms. The van der Waals surface area contributed by atoms with Gasteiger partial charge in [0.2, 0.25) is 0 Å². The van der Waals surface area contributed by atoms with Gasteiger partial charge in [-0.15, -0.1) is 6.42 Å². The quantitative estimate of drug-likeness (QED) is 0.475. The molecule has 1 N–H and O–H groups in total. The first-order chi connectivity index (χ1) is 8.21. The second-order valence-corrected chi connectivity index (χ2v) is 3.25. The van der Waals surface area contributed by atoms with E-state index in [1.165, 1.54) is 0 Å². The second kappa shape index (κ2) is 6.37. The summed E-state index contributed by atoms with van der Waals surface area (Å²) in [5.41, 5.74) is 0.618. The van der Waals surface area contributed by atoms with Gasteiger partial charge in [-0.05, 0) is 29.8 Å². The third-order valence-electron chi connectivity index (χ3n) is 2.05. The summed E-state index contributed by atoms with van der Waals surface area (Å²) in [6.45, 7) is 7.21. The predicted octanol–water partition coefficient (Wildman–Crippen LogP) is 2.99. The molecule has 1 unspecified atom stereocenters. The highest BCUT2D eigenvalue weighted by atomic mass is 16.5. The van der Waals surface area contributed by atoms with E-state index in [-0.39, 0.29) is 0 Å². The standard InChI is InChI=1S/C15H14O2/c1-4-8-13(5-2)17-14-10-7-9-12(11-14)15(16)6-3/h3-5,7-11,15-16H,1-2H2/b13-8+. The number of ether oxygens (including phenoxy) is 1. The Morgan fingerprint density at radius 3 is 2.82 bits per heavy atom. The first kappa shape index (κ1) is 12.8. The van der Waals surface area contributed by atoms with Crippen molar-refractivity contribution in [3.05, 3.63) is 67.0 Å². The molecule has 0 amide bonds. The van der Waals surface area contributed by atoms with Gasteiger partial charge >= 0.3 is 0 Å². The fraction of sp³-hybridized carbons (Fsp3) is 0.0667. The minimum Gasteiger partial charge on any atom is -0.457 e. The van der Waals surface area contributed by atoms with E-state index in [4.69, 9.17) is 11.2 Å². The summed E-state index contributed by atoms with van der Waals surface area (Å²) in [6, 6.07) is 6.96. The van der Waals surface area contributed by atoms with E-state index in [1.807, 2.05) is 0 Å². The van der Waals surface area contributed by atoms with Gasteiger partial charge in [0, 0.05) is 0 Å². The van der Waals surface area contributed by atoms with Crippen LogP contribution in [0, 0.1) is 12.3 Å². The van der Waals surface area contributed by atoms with Crippen molar-refractivity contribution in [2.45, 2.75) is 6.10 Å². The molecule has 2 nitrogen and oxygen atoms in total. The molecule has 0 aromatic heterocycles. The third-order valence-corrected chi connectivity index (χ3v) is 2.05. The molecular weight excluding hydrogens is 212 g/mol. The Labute approximate surface area is 102 Å². The molecule has 86 valence electrons. The van der Waals surface area contributed by atoms with Crippen LogP contribution in [0.3, 0.4) is 0 Å². The zero-order valence-corrected chi connectivity index (χ0v) is 9.47. The van der Waals surface area contributed by atoms with Crippen LogP contribution in [0.5, 0.6) is 5.75 Å². The maximum Gasteiger partial charge on any atom is 0.140 e. The van der Waals surface area contributed by atoms with Crippen molar-refractivity contribution in [3.63, 3.8) is 0 Å². The highest BCUT2D eigenvalue weighted by molar-refractivity contribution is 5.34. The van der Waals surface area contributed by atoms with E-state index in [9.17, 15) is 5.11 Å². The van der Waals surface area contributed by atoms with E-state index in [0.29, 0.717) is 17.1 Å². The summed E-state index contributed by atoms with van der Waals surface area (Å²) in [5.74, 6) is 3.41. The maximum absolute atomic E-state index is 9.51. The SMILES string of the molecule is C#CC(O)c1cccc(O/C(C=C)=C/C=C)c1. The van der Waals surface area contributed by atoms with Crippen LogP contribution < -0.4 is 4.74 Å². The lowest BCUT2D eigenvalue weighted by Gasteiger charge is -2.09. The minimum atomic E-state index is -0.922. The van der Waals surface area contributed by atoms with Crippen LogP contribution in [0.1, 0.15) is 11.7 Å². The number of hydrogen-bond donors (Lipinski definition) is 1. The zero-order valence-electron chi connectivity index (χ0n) is 9.47. The Morgan fingerprint density at radius 2 is 2.24 bits per heavy atom. The summed E-state index contributed by atoms with van der Waals surface area (Å²) in [5, 5.41) is 9.51. The Balaban J connectivity index is 2.93. The fourth-order valence-corrected chi connectivity index (χ4v) is 1.24. The third kappa shape index (κ3) is 3.67. The molecule has 0 bridgehead atoms. The van der Waals surface area contributed by atoms with Gasteiger partial charge in [0.25, 0.3) is 0 Å². The Bertz CT molecular complexity index is 478. The van der Waals surface area contributed by atoms with Crippen LogP contribution >= 0.6 is 0 Å². The molecule has 1 aromatic rings. The molecule has 0 saturated carbocycles. The topological polar surface area (TPSA) is 29.5 Å². The summed E-state index contributed by atoms with van der Waals surface area (Å²) < 4.78 is 5.53. The Morgan fingerprint density at radius 1 is 1.47 bits per heavy atom. The van der Waals surface area contributed by atoms with Gasteiger partial charge in [-0.3, -0.25) is 0 Å². The van der Waals surface area contributed by atoms with Crippen LogP contribution in [-0.4, -0.2) is 5.11 Å².